The molecule has 0 heterocycles. The van der Waals surface area contributed by atoms with Gasteiger partial charge < -0.3 is 5.32 Å². The van der Waals surface area contributed by atoms with Crippen LogP contribution >= 0.6 is 38.5 Å². The summed E-state index contributed by atoms with van der Waals surface area (Å²) in [5.41, 5.74) is 3.76. The van der Waals surface area contributed by atoms with Crippen LogP contribution in [0.25, 0.3) is 0 Å². The minimum Gasteiger partial charge on any atom is -0.343 e. The van der Waals surface area contributed by atoms with E-state index in [1.807, 2.05) is 36.4 Å². The Bertz CT molecular complexity index is 750. The molecule has 0 unspecified atom stereocenters. The molecule has 0 bridgehead atoms. The summed E-state index contributed by atoms with van der Waals surface area (Å²) < 4.78 is 1.76. The number of hydrogen-bond acceptors (Lipinski definition) is 3. The third-order valence-corrected chi connectivity index (χ3v) is 4.21. The zero-order chi connectivity index (χ0) is 16.7. The van der Waals surface area contributed by atoms with Crippen molar-refractivity contribution < 1.29 is 9.59 Å². The van der Waals surface area contributed by atoms with Crippen LogP contribution < -0.4 is 10.7 Å². The van der Waals surface area contributed by atoms with Gasteiger partial charge in [0, 0.05) is 8.04 Å². The first-order chi connectivity index (χ1) is 11.1. The maximum atomic E-state index is 12.0. The number of carbonyl (C=O) groups is 2. The zero-order valence-electron chi connectivity index (χ0n) is 11.9. The van der Waals surface area contributed by atoms with E-state index in [1.165, 1.54) is 6.21 Å². The van der Waals surface area contributed by atoms with Crippen LogP contribution in [0.1, 0.15) is 15.9 Å². The molecule has 118 valence electrons. The number of hydrazone groups is 1. The van der Waals surface area contributed by atoms with Crippen LogP contribution in [0.5, 0.6) is 0 Å². The SMILES string of the molecule is O=C(CNC(=O)c1ccccc1I)N/N=C/c1cccc(Br)c1. The Labute approximate surface area is 155 Å². The Morgan fingerprint density at radius 1 is 1.17 bits per heavy atom. The number of benzene rings is 2. The summed E-state index contributed by atoms with van der Waals surface area (Å²) in [5.74, 6) is -0.684. The second kappa shape index (κ2) is 8.78. The third kappa shape index (κ3) is 5.76. The first kappa shape index (κ1) is 17.6. The molecule has 2 aromatic rings. The van der Waals surface area contributed by atoms with Crippen LogP contribution in [0.3, 0.4) is 0 Å². The Balaban J connectivity index is 1.81. The standard InChI is InChI=1S/C16H13BrIN3O2/c17-12-5-3-4-11(8-12)9-20-21-15(22)10-19-16(23)13-6-1-2-7-14(13)18/h1-9H,10H2,(H,19,23)(H,21,22)/b20-9+. The average molecular weight is 486 g/mol. The molecule has 0 aliphatic carbocycles. The fourth-order valence-corrected chi connectivity index (χ4v) is 2.76. The number of carbonyl (C=O) groups excluding carboxylic acids is 2. The molecule has 0 saturated heterocycles. The second-order valence-corrected chi connectivity index (χ2v) is 6.59. The van der Waals surface area contributed by atoms with E-state index in [0.717, 1.165) is 13.6 Å². The van der Waals surface area contributed by atoms with Gasteiger partial charge in [0.1, 0.15) is 0 Å². The van der Waals surface area contributed by atoms with Gasteiger partial charge in [-0.1, -0.05) is 40.2 Å². The van der Waals surface area contributed by atoms with Crippen molar-refractivity contribution in [2.24, 2.45) is 5.10 Å². The molecule has 5 nitrogen and oxygen atoms in total. The van der Waals surface area contributed by atoms with E-state index in [0.29, 0.717) is 5.56 Å². The van der Waals surface area contributed by atoms with Crippen molar-refractivity contribution >= 4 is 56.5 Å². The monoisotopic (exact) mass is 485 g/mol. The van der Waals surface area contributed by atoms with E-state index in [9.17, 15) is 9.59 Å². The van der Waals surface area contributed by atoms with Crippen molar-refractivity contribution in [1.29, 1.82) is 0 Å². The topological polar surface area (TPSA) is 70.6 Å². The van der Waals surface area contributed by atoms with Crippen LogP contribution in [0, 0.1) is 3.57 Å². The van der Waals surface area contributed by atoms with Crippen molar-refractivity contribution in [3.63, 3.8) is 0 Å². The maximum Gasteiger partial charge on any atom is 0.259 e. The van der Waals surface area contributed by atoms with E-state index in [2.05, 4.69) is 54.4 Å². The number of halogens is 2. The fraction of sp³-hybridized carbons (Fsp3) is 0.0625. The van der Waals surface area contributed by atoms with Gasteiger partial charge in [-0.25, -0.2) is 5.43 Å². The summed E-state index contributed by atoms with van der Waals surface area (Å²) in [6, 6.07) is 14.7. The van der Waals surface area contributed by atoms with E-state index in [-0.39, 0.29) is 12.5 Å². The van der Waals surface area contributed by atoms with Gasteiger partial charge in [-0.2, -0.15) is 5.10 Å². The molecule has 2 aromatic carbocycles. The highest BCUT2D eigenvalue weighted by Gasteiger charge is 2.10. The van der Waals surface area contributed by atoms with Crippen LogP contribution in [0.4, 0.5) is 0 Å². The Hall–Kier alpha value is -1.74. The average Bonchev–Trinajstić information content (AvgIpc) is 2.53. The Morgan fingerprint density at radius 2 is 1.96 bits per heavy atom. The van der Waals surface area contributed by atoms with Gasteiger partial charge in [0.05, 0.1) is 18.3 Å². The second-order valence-electron chi connectivity index (χ2n) is 4.51. The van der Waals surface area contributed by atoms with Crippen LogP contribution in [-0.2, 0) is 4.79 Å². The molecule has 2 N–H and O–H groups in total. The van der Waals surface area contributed by atoms with Gasteiger partial charge in [-0.3, -0.25) is 9.59 Å². The Morgan fingerprint density at radius 3 is 2.70 bits per heavy atom. The van der Waals surface area contributed by atoms with Gasteiger partial charge in [0.25, 0.3) is 11.8 Å². The molecule has 2 rings (SSSR count). The third-order valence-electron chi connectivity index (χ3n) is 2.78. The molecule has 0 aliphatic rings. The largest absolute Gasteiger partial charge is 0.343 e. The highest BCUT2D eigenvalue weighted by Crippen LogP contribution is 2.11. The molecule has 7 heteroatoms. The maximum absolute atomic E-state index is 12.0. The van der Waals surface area contributed by atoms with E-state index < -0.39 is 5.91 Å². The summed E-state index contributed by atoms with van der Waals surface area (Å²) in [5, 5.41) is 6.41. The van der Waals surface area contributed by atoms with E-state index >= 15 is 0 Å². The minimum atomic E-state index is -0.393. The predicted molar refractivity (Wildman–Crippen MR) is 101 cm³/mol. The van der Waals surface area contributed by atoms with Crippen LogP contribution in [0.15, 0.2) is 58.1 Å². The molecule has 0 atom stereocenters. The first-order valence-corrected chi connectivity index (χ1v) is 8.53. The molecular weight excluding hydrogens is 473 g/mol. The van der Waals surface area contributed by atoms with Crippen molar-refractivity contribution in [2.45, 2.75) is 0 Å². The van der Waals surface area contributed by atoms with Crippen LogP contribution in [-0.4, -0.2) is 24.6 Å². The Kier molecular flexibility index (Phi) is 6.72. The van der Waals surface area contributed by atoms with Gasteiger partial charge in [-0.05, 0) is 52.4 Å². The minimum absolute atomic E-state index is 0.139. The molecule has 0 saturated carbocycles. The molecular formula is C16H13BrIN3O2. The molecule has 0 radical (unpaired) electrons. The summed E-state index contributed by atoms with van der Waals surface area (Å²) >= 11 is 5.43. The smallest absolute Gasteiger partial charge is 0.259 e. The van der Waals surface area contributed by atoms with Gasteiger partial charge in [0.15, 0.2) is 0 Å². The summed E-state index contributed by atoms with van der Waals surface area (Å²) in [4.78, 5) is 23.6. The van der Waals surface area contributed by atoms with Crippen molar-refractivity contribution in [3.05, 3.63) is 67.7 Å². The van der Waals surface area contributed by atoms with Crippen LogP contribution in [0.2, 0.25) is 0 Å². The summed E-state index contributed by atoms with van der Waals surface area (Å²) in [6.07, 6.45) is 1.53. The first-order valence-electron chi connectivity index (χ1n) is 6.66. The van der Waals surface area contributed by atoms with Crippen molar-refractivity contribution in [2.75, 3.05) is 6.54 Å². The highest BCUT2D eigenvalue weighted by molar-refractivity contribution is 14.1. The zero-order valence-corrected chi connectivity index (χ0v) is 15.7. The van der Waals surface area contributed by atoms with Gasteiger partial charge in [-0.15, -0.1) is 0 Å². The van der Waals surface area contributed by atoms with Gasteiger partial charge >= 0.3 is 0 Å². The van der Waals surface area contributed by atoms with E-state index in [4.69, 9.17) is 0 Å². The number of nitrogens with zero attached hydrogens (tertiary/aromatic N) is 1. The predicted octanol–water partition coefficient (Wildman–Crippen LogP) is 2.93. The van der Waals surface area contributed by atoms with Gasteiger partial charge in [0.2, 0.25) is 0 Å². The molecule has 0 fully saturated rings. The molecule has 0 aromatic heterocycles. The molecule has 0 spiro atoms. The lowest BCUT2D eigenvalue weighted by Gasteiger charge is -2.05. The molecule has 0 aliphatic heterocycles. The summed E-state index contributed by atoms with van der Waals surface area (Å²) in [6.45, 7) is -0.139. The lowest BCUT2D eigenvalue weighted by atomic mass is 10.2. The summed E-state index contributed by atoms with van der Waals surface area (Å²) in [7, 11) is 0. The quantitative estimate of drug-likeness (QED) is 0.388. The lowest BCUT2D eigenvalue weighted by molar-refractivity contribution is -0.120. The van der Waals surface area contributed by atoms with Crippen molar-refractivity contribution in [1.82, 2.24) is 10.7 Å². The normalized spacial score (nSPS) is 10.5. The fourth-order valence-electron chi connectivity index (χ4n) is 1.71. The highest BCUT2D eigenvalue weighted by atomic mass is 127. The number of nitrogens with one attached hydrogen (secondary N) is 2. The number of hydrogen-bond donors (Lipinski definition) is 2. The molecule has 23 heavy (non-hydrogen) atoms. The molecule has 2 amide bonds. The number of rotatable bonds is 5. The van der Waals surface area contributed by atoms with Crippen molar-refractivity contribution in [3.8, 4) is 0 Å². The lowest BCUT2D eigenvalue weighted by Crippen LogP contribution is -2.35. The van der Waals surface area contributed by atoms with E-state index in [1.54, 1.807) is 12.1 Å². The number of amides is 2.